The Morgan fingerprint density at radius 2 is 1.94 bits per heavy atom. The quantitative estimate of drug-likeness (QED) is 0.115. The van der Waals surface area contributed by atoms with Crippen molar-refractivity contribution in [3.8, 4) is 11.3 Å². The zero-order valence-corrected chi connectivity index (χ0v) is 19.9. The molecule has 3 heterocycles. The fraction of sp³-hybridized carbons (Fsp3) is 0.0435. The lowest BCUT2D eigenvalue weighted by molar-refractivity contribution is -0.384. The van der Waals surface area contributed by atoms with Crippen molar-refractivity contribution in [2.24, 2.45) is 4.99 Å². The number of halogens is 2. The summed E-state index contributed by atoms with van der Waals surface area (Å²) in [6, 6.07) is 15.1. The number of carbonyl (C=O) groups excluding carboxylic acids is 1. The summed E-state index contributed by atoms with van der Waals surface area (Å²) in [5.41, 5.74) is 5.38. The number of hydrazine groups is 1. The normalized spacial score (nSPS) is 14.7. The summed E-state index contributed by atoms with van der Waals surface area (Å²) in [6.45, 7) is 0. The molecule has 1 atom stereocenters. The number of aromatic nitrogens is 3. The minimum Gasteiger partial charge on any atom is -0.277 e. The maximum Gasteiger partial charge on any atom is 0.271 e. The number of carbonyl (C=O) groups is 1. The summed E-state index contributed by atoms with van der Waals surface area (Å²) in [7, 11) is 0. The van der Waals surface area contributed by atoms with E-state index in [0.29, 0.717) is 33.8 Å². The van der Waals surface area contributed by atoms with Crippen LogP contribution >= 0.6 is 22.6 Å². The van der Waals surface area contributed by atoms with Gasteiger partial charge in [-0.2, -0.15) is 5.10 Å². The molecule has 2 aromatic heterocycles. The number of benzene rings is 2. The molecule has 2 N–H and O–H groups in total. The van der Waals surface area contributed by atoms with Gasteiger partial charge >= 0.3 is 0 Å². The molecule has 0 bridgehead atoms. The number of amides is 1. The lowest BCUT2D eigenvalue weighted by Gasteiger charge is -2.33. The Morgan fingerprint density at radius 3 is 2.69 bits per heavy atom. The van der Waals surface area contributed by atoms with E-state index >= 15 is 0 Å². The summed E-state index contributed by atoms with van der Waals surface area (Å²) in [5.74, 6) is -0.600. The molecular weight excluding hydrogens is 568 g/mol. The highest BCUT2D eigenvalue weighted by Crippen LogP contribution is 2.43. The maximum atomic E-state index is 13.9. The first-order valence-electron chi connectivity index (χ1n) is 10.2. The highest BCUT2D eigenvalue weighted by molar-refractivity contribution is 14.1. The van der Waals surface area contributed by atoms with Gasteiger partial charge in [0.05, 0.1) is 16.2 Å². The first-order chi connectivity index (χ1) is 16.9. The predicted octanol–water partition coefficient (Wildman–Crippen LogP) is 4.69. The van der Waals surface area contributed by atoms with Gasteiger partial charge in [0, 0.05) is 35.7 Å². The number of fused-ring (bicyclic) bond motifs is 1. The van der Waals surface area contributed by atoms with Crippen LogP contribution in [-0.2, 0) is 0 Å². The van der Waals surface area contributed by atoms with E-state index in [9.17, 15) is 19.3 Å². The van der Waals surface area contributed by atoms with Crippen LogP contribution in [0.5, 0.6) is 0 Å². The molecule has 1 amide bonds. The molecule has 0 saturated carbocycles. The Morgan fingerprint density at radius 1 is 1.14 bits per heavy atom. The molecule has 5 rings (SSSR count). The molecule has 0 fully saturated rings. The number of nitrogens with zero attached hydrogens (tertiary/aromatic N) is 5. The summed E-state index contributed by atoms with van der Waals surface area (Å²) in [6.07, 6.45) is 2.98. The second-order valence-corrected chi connectivity index (χ2v) is 8.66. The van der Waals surface area contributed by atoms with Crippen LogP contribution in [0.4, 0.5) is 15.8 Å². The van der Waals surface area contributed by atoms with Gasteiger partial charge in [-0.05, 0) is 46.9 Å². The molecule has 4 aromatic rings. The Bertz CT molecular complexity index is 1470. The molecule has 174 valence electrons. The van der Waals surface area contributed by atoms with Gasteiger partial charge in [0.1, 0.15) is 21.2 Å². The highest BCUT2D eigenvalue weighted by Gasteiger charge is 2.35. The number of aromatic amines is 1. The Labute approximate surface area is 211 Å². The molecule has 0 radical (unpaired) electrons. The van der Waals surface area contributed by atoms with Crippen molar-refractivity contribution in [2.75, 3.05) is 0 Å². The van der Waals surface area contributed by atoms with Gasteiger partial charge in [-0.1, -0.05) is 24.3 Å². The summed E-state index contributed by atoms with van der Waals surface area (Å²) in [4.78, 5) is 32.6. The number of alkyl halides is 1. The number of rotatable bonds is 5. The third-order valence-electron chi connectivity index (χ3n) is 5.24. The monoisotopic (exact) mass is 583 g/mol. The molecule has 2 aromatic carbocycles. The van der Waals surface area contributed by atoms with E-state index in [1.54, 1.807) is 36.5 Å². The smallest absolute Gasteiger partial charge is 0.271 e. The van der Waals surface area contributed by atoms with Gasteiger partial charge in [-0.15, -0.1) is 0 Å². The van der Waals surface area contributed by atoms with Crippen molar-refractivity contribution in [2.45, 2.75) is 4.05 Å². The van der Waals surface area contributed by atoms with Crippen LogP contribution in [0.15, 0.2) is 78.0 Å². The number of nitrogens with one attached hydrogen (secondary N) is 2. The number of nitro benzene ring substituents is 1. The van der Waals surface area contributed by atoms with Gasteiger partial charge < -0.3 is 0 Å². The van der Waals surface area contributed by atoms with E-state index in [1.807, 2.05) is 0 Å². The summed E-state index contributed by atoms with van der Waals surface area (Å²) >= 11 is 2.10. The first kappa shape index (κ1) is 22.6. The van der Waals surface area contributed by atoms with Gasteiger partial charge in [0.25, 0.3) is 11.6 Å². The number of pyridine rings is 1. The van der Waals surface area contributed by atoms with Crippen molar-refractivity contribution < 1.29 is 14.1 Å². The van der Waals surface area contributed by atoms with Crippen LogP contribution in [-0.4, -0.2) is 36.9 Å². The van der Waals surface area contributed by atoms with Crippen LogP contribution < -0.4 is 5.43 Å². The molecule has 0 spiro atoms. The Kier molecular flexibility index (Phi) is 5.94. The fourth-order valence-corrected chi connectivity index (χ4v) is 4.44. The third-order valence-corrected chi connectivity index (χ3v) is 6.42. The Balaban J connectivity index is 1.64. The number of hydrogen-bond donors (Lipinski definition) is 2. The number of non-ortho nitro benzene ring substituents is 1. The van der Waals surface area contributed by atoms with Gasteiger partial charge in [-0.25, -0.2) is 14.4 Å². The van der Waals surface area contributed by atoms with Gasteiger partial charge in [0.2, 0.25) is 0 Å². The van der Waals surface area contributed by atoms with Crippen molar-refractivity contribution in [3.05, 3.63) is 106 Å². The average molecular weight is 583 g/mol. The van der Waals surface area contributed by atoms with Crippen molar-refractivity contribution in [1.29, 1.82) is 0 Å². The number of H-pyrrole nitrogens is 1. The van der Waals surface area contributed by atoms with E-state index in [2.05, 4.69) is 43.2 Å². The number of aliphatic imine (C=N–C) groups is 1. The molecule has 35 heavy (non-hydrogen) atoms. The fourth-order valence-electron chi connectivity index (χ4n) is 3.60. The molecule has 10 nitrogen and oxygen atoms in total. The van der Waals surface area contributed by atoms with Crippen molar-refractivity contribution >= 4 is 45.7 Å². The topological polar surface area (TPSA) is 129 Å². The Hall–Kier alpha value is -4.20. The van der Waals surface area contributed by atoms with Crippen molar-refractivity contribution in [3.63, 3.8) is 0 Å². The molecular formula is C23H15FIN7O3. The molecule has 0 saturated heterocycles. The van der Waals surface area contributed by atoms with Gasteiger partial charge in [0.15, 0.2) is 5.84 Å². The van der Waals surface area contributed by atoms with Gasteiger partial charge in [-0.3, -0.25) is 30.4 Å². The minimum atomic E-state index is -0.523. The van der Waals surface area contributed by atoms with E-state index in [1.165, 1.54) is 41.5 Å². The molecule has 1 unspecified atom stereocenters. The molecule has 12 heteroatoms. The predicted molar refractivity (Wildman–Crippen MR) is 134 cm³/mol. The summed E-state index contributed by atoms with van der Waals surface area (Å²) < 4.78 is 13.4. The van der Waals surface area contributed by atoms with Crippen LogP contribution in [0.2, 0.25) is 0 Å². The second kappa shape index (κ2) is 9.21. The third kappa shape index (κ3) is 4.35. The van der Waals surface area contributed by atoms with Crippen LogP contribution in [0, 0.1) is 15.9 Å². The zero-order chi connectivity index (χ0) is 24.5. The number of amidine groups is 1. The second-order valence-electron chi connectivity index (χ2n) is 7.48. The first-order valence-corrected chi connectivity index (χ1v) is 11.5. The molecule has 1 aliphatic rings. The lowest BCUT2D eigenvalue weighted by atomic mass is 10.1. The standard InChI is InChI=1S/C23H15FIN7O3/c24-16-7-1-4-13(10-16)18-19-20(29-28-18)21(25)31(30-23(33)15-6-3-9-26-12-15)22(27-19)14-5-2-8-17(11-14)32(34)35/h1-12,21H,(H,28,29)(H,30,33). The van der Waals surface area contributed by atoms with E-state index in [0.717, 1.165) is 0 Å². The van der Waals surface area contributed by atoms with Crippen LogP contribution in [0.3, 0.4) is 0 Å². The number of nitro groups is 1. The largest absolute Gasteiger partial charge is 0.277 e. The SMILES string of the molecule is O=C(NN1C(c2cccc([N+](=O)[O-])c2)=Nc2c(-c3cccc(F)c3)n[nH]c2C1I)c1cccnc1. The van der Waals surface area contributed by atoms with E-state index < -0.39 is 20.7 Å². The maximum absolute atomic E-state index is 13.9. The zero-order valence-electron chi connectivity index (χ0n) is 17.7. The highest BCUT2D eigenvalue weighted by atomic mass is 127. The lowest BCUT2D eigenvalue weighted by Crippen LogP contribution is -2.48. The van der Waals surface area contributed by atoms with E-state index in [-0.39, 0.29) is 11.5 Å². The average Bonchev–Trinajstić information content (AvgIpc) is 3.30. The van der Waals surface area contributed by atoms with Crippen LogP contribution in [0.25, 0.3) is 11.3 Å². The molecule has 1 aliphatic heterocycles. The number of hydrogen-bond acceptors (Lipinski definition) is 7. The summed E-state index contributed by atoms with van der Waals surface area (Å²) in [5, 5.41) is 20.2. The van der Waals surface area contributed by atoms with Crippen molar-refractivity contribution in [1.82, 2.24) is 25.6 Å². The van der Waals surface area contributed by atoms with Crippen LogP contribution in [0.1, 0.15) is 25.7 Å². The van der Waals surface area contributed by atoms with E-state index in [4.69, 9.17) is 4.99 Å². The minimum absolute atomic E-state index is 0.128. The molecule has 0 aliphatic carbocycles.